The molecule has 1 rings (SSSR count). The second kappa shape index (κ2) is 9.10. The molecule has 0 atom stereocenters. The Hall–Kier alpha value is -0.870. The number of phenolic OH excluding ortho intramolecular Hbond substituents is 1. The number of halogens is 1. The van der Waals surface area contributed by atoms with E-state index in [1.807, 2.05) is 11.8 Å². The molecule has 0 radical (unpaired) electrons. The van der Waals surface area contributed by atoms with Gasteiger partial charge in [-0.25, -0.2) is 0 Å². The van der Waals surface area contributed by atoms with E-state index in [0.717, 1.165) is 12.8 Å². The molecule has 0 aromatic heterocycles. The number of carbonyl (C=O) groups is 1. The first kappa shape index (κ1) is 16.2. The Bertz CT molecular complexity index is 412. The molecular formula is C14H20ClNO2S. The van der Waals surface area contributed by atoms with Gasteiger partial charge < -0.3 is 10.4 Å². The van der Waals surface area contributed by atoms with Crippen molar-refractivity contribution >= 4 is 29.3 Å². The van der Waals surface area contributed by atoms with Gasteiger partial charge in [-0.2, -0.15) is 11.8 Å². The van der Waals surface area contributed by atoms with Crippen molar-refractivity contribution in [1.29, 1.82) is 0 Å². The zero-order chi connectivity index (χ0) is 14.1. The second-order valence-electron chi connectivity index (χ2n) is 4.33. The lowest BCUT2D eigenvalue weighted by molar-refractivity contribution is 0.0953. The molecular weight excluding hydrogens is 282 g/mol. The fourth-order valence-corrected chi connectivity index (χ4v) is 2.35. The van der Waals surface area contributed by atoms with Crippen LogP contribution in [0.3, 0.4) is 0 Å². The summed E-state index contributed by atoms with van der Waals surface area (Å²) in [4.78, 5) is 11.8. The molecule has 2 N–H and O–H groups in total. The Morgan fingerprint density at radius 2 is 2.05 bits per heavy atom. The number of thioether (sulfide) groups is 1. The third-order valence-corrected chi connectivity index (χ3v) is 3.77. The molecule has 0 saturated carbocycles. The molecule has 0 fully saturated rings. The molecule has 0 spiro atoms. The van der Waals surface area contributed by atoms with Gasteiger partial charge in [0.2, 0.25) is 0 Å². The maximum absolute atomic E-state index is 11.8. The summed E-state index contributed by atoms with van der Waals surface area (Å²) < 4.78 is 0. The highest BCUT2D eigenvalue weighted by Gasteiger charge is 2.07. The van der Waals surface area contributed by atoms with E-state index in [1.54, 1.807) is 6.07 Å². The Balaban J connectivity index is 2.22. The van der Waals surface area contributed by atoms with Gasteiger partial charge in [0.15, 0.2) is 0 Å². The van der Waals surface area contributed by atoms with Gasteiger partial charge in [-0.3, -0.25) is 4.79 Å². The van der Waals surface area contributed by atoms with E-state index in [9.17, 15) is 9.90 Å². The monoisotopic (exact) mass is 301 g/mol. The number of unbranched alkanes of at least 4 members (excludes halogenated alkanes) is 3. The van der Waals surface area contributed by atoms with Crippen molar-refractivity contribution < 1.29 is 9.90 Å². The van der Waals surface area contributed by atoms with Crippen molar-refractivity contribution in [3.63, 3.8) is 0 Å². The topological polar surface area (TPSA) is 49.3 Å². The van der Waals surface area contributed by atoms with Crippen LogP contribution in [-0.4, -0.2) is 29.6 Å². The number of hydrogen-bond acceptors (Lipinski definition) is 3. The van der Waals surface area contributed by atoms with Crippen LogP contribution < -0.4 is 5.32 Å². The van der Waals surface area contributed by atoms with Gasteiger partial charge in [-0.05, 0) is 43.0 Å². The molecule has 1 aromatic carbocycles. The van der Waals surface area contributed by atoms with E-state index in [2.05, 4.69) is 11.6 Å². The lowest BCUT2D eigenvalue weighted by Crippen LogP contribution is -2.24. The van der Waals surface area contributed by atoms with Crippen molar-refractivity contribution in [1.82, 2.24) is 5.32 Å². The van der Waals surface area contributed by atoms with Crippen molar-refractivity contribution in [3.05, 3.63) is 28.8 Å². The van der Waals surface area contributed by atoms with E-state index >= 15 is 0 Å². The summed E-state index contributed by atoms with van der Waals surface area (Å²) in [6.07, 6.45) is 6.69. The molecule has 1 amide bonds. The molecule has 0 unspecified atom stereocenters. The normalized spacial score (nSPS) is 10.4. The van der Waals surface area contributed by atoms with Crippen molar-refractivity contribution in [2.45, 2.75) is 25.7 Å². The first-order chi connectivity index (χ1) is 9.15. The van der Waals surface area contributed by atoms with Crippen LogP contribution in [0.2, 0.25) is 5.02 Å². The average molecular weight is 302 g/mol. The lowest BCUT2D eigenvalue weighted by Gasteiger charge is -2.06. The van der Waals surface area contributed by atoms with E-state index < -0.39 is 0 Å². The van der Waals surface area contributed by atoms with Crippen molar-refractivity contribution in [3.8, 4) is 5.75 Å². The SMILES string of the molecule is CSCCCCCCNC(=O)c1ccc(O)c(Cl)c1. The van der Waals surface area contributed by atoms with Crippen LogP contribution in [0, 0.1) is 0 Å². The molecule has 0 heterocycles. The van der Waals surface area contributed by atoms with Gasteiger partial charge in [0, 0.05) is 12.1 Å². The minimum absolute atomic E-state index is 0.00740. The lowest BCUT2D eigenvalue weighted by atomic mass is 10.2. The summed E-state index contributed by atoms with van der Waals surface area (Å²) in [5.74, 6) is 1.05. The van der Waals surface area contributed by atoms with Crippen molar-refractivity contribution in [2.75, 3.05) is 18.6 Å². The smallest absolute Gasteiger partial charge is 0.251 e. The Morgan fingerprint density at radius 1 is 1.32 bits per heavy atom. The van der Waals surface area contributed by atoms with Gasteiger partial charge in [0.1, 0.15) is 5.75 Å². The molecule has 0 aliphatic heterocycles. The highest BCUT2D eigenvalue weighted by molar-refractivity contribution is 7.98. The number of carbonyl (C=O) groups excluding carboxylic acids is 1. The average Bonchev–Trinajstić information content (AvgIpc) is 2.40. The fraction of sp³-hybridized carbons (Fsp3) is 0.500. The number of phenols is 1. The zero-order valence-corrected chi connectivity index (χ0v) is 12.7. The summed E-state index contributed by atoms with van der Waals surface area (Å²) >= 11 is 7.63. The van der Waals surface area contributed by atoms with E-state index in [0.29, 0.717) is 12.1 Å². The number of aromatic hydroxyl groups is 1. The number of hydrogen-bond donors (Lipinski definition) is 2. The van der Waals surface area contributed by atoms with Crippen molar-refractivity contribution in [2.24, 2.45) is 0 Å². The summed E-state index contributed by atoms with van der Waals surface area (Å²) in [6.45, 7) is 0.677. The van der Waals surface area contributed by atoms with Crippen LogP contribution in [-0.2, 0) is 0 Å². The quantitative estimate of drug-likeness (QED) is 0.720. The Kier molecular flexibility index (Phi) is 7.75. The van der Waals surface area contributed by atoms with Gasteiger partial charge in [-0.1, -0.05) is 24.4 Å². The third kappa shape index (κ3) is 6.21. The molecule has 3 nitrogen and oxygen atoms in total. The fourth-order valence-electron chi connectivity index (χ4n) is 1.68. The minimum atomic E-state index is -0.147. The van der Waals surface area contributed by atoms with E-state index in [4.69, 9.17) is 11.6 Å². The van der Waals surface area contributed by atoms with Gasteiger partial charge in [-0.15, -0.1) is 0 Å². The van der Waals surface area contributed by atoms with Crippen LogP contribution in [0.25, 0.3) is 0 Å². The highest BCUT2D eigenvalue weighted by Crippen LogP contribution is 2.23. The zero-order valence-electron chi connectivity index (χ0n) is 11.1. The second-order valence-corrected chi connectivity index (χ2v) is 5.72. The summed E-state index contributed by atoms with van der Waals surface area (Å²) in [5, 5.41) is 12.3. The number of benzene rings is 1. The summed E-state index contributed by atoms with van der Waals surface area (Å²) in [6, 6.07) is 4.47. The number of amides is 1. The predicted molar refractivity (Wildman–Crippen MR) is 82.3 cm³/mol. The molecule has 0 saturated heterocycles. The van der Waals surface area contributed by atoms with Crippen LogP contribution in [0.4, 0.5) is 0 Å². The molecule has 19 heavy (non-hydrogen) atoms. The summed E-state index contributed by atoms with van der Waals surface area (Å²) in [7, 11) is 0. The maximum atomic E-state index is 11.8. The first-order valence-corrected chi connectivity index (χ1v) is 8.18. The molecule has 0 bridgehead atoms. The first-order valence-electron chi connectivity index (χ1n) is 6.41. The van der Waals surface area contributed by atoms with Gasteiger partial charge in [0.25, 0.3) is 5.91 Å². The highest BCUT2D eigenvalue weighted by atomic mass is 35.5. The summed E-state index contributed by atoms with van der Waals surface area (Å²) in [5.41, 5.74) is 0.477. The third-order valence-electron chi connectivity index (χ3n) is 2.77. The standard InChI is InChI=1S/C14H20ClNO2S/c1-19-9-5-3-2-4-8-16-14(18)11-6-7-13(17)12(15)10-11/h6-7,10,17H,2-5,8-9H2,1H3,(H,16,18). The van der Waals surface area contributed by atoms with Gasteiger partial charge in [0.05, 0.1) is 5.02 Å². The van der Waals surface area contributed by atoms with Crippen LogP contribution >= 0.6 is 23.4 Å². The molecule has 0 aliphatic carbocycles. The predicted octanol–water partition coefficient (Wildman–Crippen LogP) is 3.70. The number of rotatable bonds is 8. The van der Waals surface area contributed by atoms with Crippen LogP contribution in [0.5, 0.6) is 5.75 Å². The molecule has 1 aromatic rings. The molecule has 106 valence electrons. The largest absolute Gasteiger partial charge is 0.506 e. The Labute approximate surface area is 123 Å². The molecule has 5 heteroatoms. The van der Waals surface area contributed by atoms with Crippen LogP contribution in [0.1, 0.15) is 36.0 Å². The minimum Gasteiger partial charge on any atom is -0.506 e. The van der Waals surface area contributed by atoms with Crippen LogP contribution in [0.15, 0.2) is 18.2 Å². The maximum Gasteiger partial charge on any atom is 0.251 e. The van der Waals surface area contributed by atoms with E-state index in [-0.39, 0.29) is 16.7 Å². The van der Waals surface area contributed by atoms with Gasteiger partial charge >= 0.3 is 0 Å². The van der Waals surface area contributed by atoms with E-state index in [1.165, 1.54) is 30.7 Å². The number of nitrogens with one attached hydrogen (secondary N) is 1. The Morgan fingerprint density at radius 3 is 2.74 bits per heavy atom. The molecule has 0 aliphatic rings.